The van der Waals surface area contributed by atoms with Crippen molar-refractivity contribution in [1.29, 1.82) is 0 Å². The third-order valence-corrected chi connectivity index (χ3v) is 4.74. The van der Waals surface area contributed by atoms with Gasteiger partial charge in [-0.1, -0.05) is 30.0 Å². The van der Waals surface area contributed by atoms with E-state index in [9.17, 15) is 9.59 Å². The number of carboxylic acids is 1. The number of carboxylic acid groups (broad SMARTS) is 1. The molecule has 2 rings (SSSR count). The molecular weight excluding hydrogens is 334 g/mol. The fourth-order valence-corrected chi connectivity index (χ4v) is 3.53. The number of aliphatic carboxylic acids is 1. The van der Waals surface area contributed by atoms with Crippen LogP contribution in [0.2, 0.25) is 0 Å². The van der Waals surface area contributed by atoms with Crippen LogP contribution in [0.25, 0.3) is 6.08 Å². The summed E-state index contributed by atoms with van der Waals surface area (Å²) in [6.07, 6.45) is 2.20. The van der Waals surface area contributed by atoms with Crippen LogP contribution in [-0.4, -0.2) is 39.9 Å². The topological polar surface area (TPSA) is 66.8 Å². The molecule has 23 heavy (non-hydrogen) atoms. The second-order valence-electron chi connectivity index (χ2n) is 5.06. The Morgan fingerprint density at radius 1 is 1.48 bits per heavy atom. The van der Waals surface area contributed by atoms with Crippen molar-refractivity contribution < 1.29 is 19.4 Å². The summed E-state index contributed by atoms with van der Waals surface area (Å²) in [5.41, 5.74) is 1.88. The van der Waals surface area contributed by atoms with E-state index >= 15 is 0 Å². The van der Waals surface area contributed by atoms with Gasteiger partial charge in [0.1, 0.15) is 10.1 Å². The number of thiocarbonyl (C=S) groups is 1. The van der Waals surface area contributed by atoms with Crippen LogP contribution in [0.5, 0.6) is 5.75 Å². The minimum atomic E-state index is -0.875. The minimum Gasteiger partial charge on any atom is -0.496 e. The molecule has 0 radical (unpaired) electrons. The normalized spacial score (nSPS) is 16.3. The summed E-state index contributed by atoms with van der Waals surface area (Å²) in [6.45, 7) is 2.27. The number of thioether (sulfide) groups is 1. The molecule has 1 aliphatic heterocycles. The molecule has 0 unspecified atom stereocenters. The lowest BCUT2D eigenvalue weighted by molar-refractivity contribution is -0.137. The van der Waals surface area contributed by atoms with E-state index in [2.05, 4.69) is 0 Å². The molecule has 0 atom stereocenters. The Bertz CT molecular complexity index is 685. The molecule has 0 aliphatic carbocycles. The van der Waals surface area contributed by atoms with Crippen molar-refractivity contribution in [1.82, 2.24) is 4.90 Å². The number of nitrogens with zero attached hydrogens (tertiary/aromatic N) is 1. The second-order valence-corrected chi connectivity index (χ2v) is 6.74. The molecule has 7 heteroatoms. The van der Waals surface area contributed by atoms with Gasteiger partial charge in [-0.15, -0.1) is 0 Å². The summed E-state index contributed by atoms with van der Waals surface area (Å²) in [5, 5.41) is 8.67. The van der Waals surface area contributed by atoms with Gasteiger partial charge < -0.3 is 9.84 Å². The molecule has 1 aliphatic rings. The number of rotatable bonds is 6. The summed E-state index contributed by atoms with van der Waals surface area (Å²) in [4.78, 5) is 25.0. The molecular formula is C16H17NO4S2. The Kier molecular flexibility index (Phi) is 5.79. The molecule has 0 bridgehead atoms. The van der Waals surface area contributed by atoms with E-state index in [4.69, 9.17) is 22.1 Å². The largest absolute Gasteiger partial charge is 0.496 e. The number of carbonyl (C=O) groups excluding carboxylic acids is 1. The van der Waals surface area contributed by atoms with Gasteiger partial charge in [-0.25, -0.2) is 0 Å². The first kappa shape index (κ1) is 17.5. The fourth-order valence-electron chi connectivity index (χ4n) is 2.22. The Hall–Kier alpha value is -1.86. The third-order valence-electron chi connectivity index (χ3n) is 3.36. The van der Waals surface area contributed by atoms with Crippen LogP contribution < -0.4 is 4.74 Å². The molecule has 0 saturated carbocycles. The Balaban J connectivity index is 2.11. The number of hydrogen-bond acceptors (Lipinski definition) is 5. The molecule has 1 heterocycles. The number of aryl methyl sites for hydroxylation is 1. The van der Waals surface area contributed by atoms with Crippen LogP contribution in [0.15, 0.2) is 23.1 Å². The van der Waals surface area contributed by atoms with E-state index < -0.39 is 5.97 Å². The number of amides is 1. The number of methoxy groups -OCH3 is 1. The van der Waals surface area contributed by atoms with E-state index in [0.29, 0.717) is 22.2 Å². The summed E-state index contributed by atoms with van der Waals surface area (Å²) in [7, 11) is 1.62. The SMILES string of the molecule is COc1ccc(/C=C2\SC(=S)N(CCCC(=O)O)C2=O)cc1C. The van der Waals surface area contributed by atoms with Crippen molar-refractivity contribution in [3.8, 4) is 5.75 Å². The number of hydrogen-bond donors (Lipinski definition) is 1. The van der Waals surface area contributed by atoms with E-state index in [1.807, 2.05) is 25.1 Å². The van der Waals surface area contributed by atoms with Crippen LogP contribution in [0, 0.1) is 6.92 Å². The summed E-state index contributed by atoms with van der Waals surface area (Å²) < 4.78 is 5.69. The highest BCUT2D eigenvalue weighted by Gasteiger charge is 2.31. The predicted octanol–water partition coefficient (Wildman–Crippen LogP) is 3.07. The Labute approximate surface area is 144 Å². The summed E-state index contributed by atoms with van der Waals surface area (Å²) in [5.74, 6) is -0.248. The lowest BCUT2D eigenvalue weighted by atomic mass is 10.1. The Morgan fingerprint density at radius 2 is 2.22 bits per heavy atom. The van der Waals surface area contributed by atoms with Gasteiger partial charge in [0.05, 0.1) is 12.0 Å². The summed E-state index contributed by atoms with van der Waals surface area (Å²) >= 11 is 6.46. The summed E-state index contributed by atoms with van der Waals surface area (Å²) in [6, 6.07) is 5.67. The zero-order chi connectivity index (χ0) is 17.0. The monoisotopic (exact) mass is 351 g/mol. The van der Waals surface area contributed by atoms with Crippen molar-refractivity contribution >= 4 is 46.3 Å². The molecule has 122 valence electrons. The first-order valence-corrected chi connectivity index (χ1v) is 8.26. The maximum Gasteiger partial charge on any atom is 0.303 e. The smallest absolute Gasteiger partial charge is 0.303 e. The minimum absolute atomic E-state index is 0.0216. The van der Waals surface area contributed by atoms with Crippen molar-refractivity contribution in [2.24, 2.45) is 0 Å². The van der Waals surface area contributed by atoms with Gasteiger partial charge in [0, 0.05) is 13.0 Å². The quantitative estimate of drug-likeness (QED) is 0.628. The van der Waals surface area contributed by atoms with E-state index in [1.54, 1.807) is 13.2 Å². The molecule has 0 aromatic heterocycles. The highest BCUT2D eigenvalue weighted by Crippen LogP contribution is 2.33. The zero-order valence-electron chi connectivity index (χ0n) is 12.9. The lowest BCUT2D eigenvalue weighted by Gasteiger charge is -2.13. The van der Waals surface area contributed by atoms with Gasteiger partial charge in [0.15, 0.2) is 0 Å². The van der Waals surface area contributed by atoms with Gasteiger partial charge in [0.25, 0.3) is 5.91 Å². The number of carbonyl (C=O) groups is 2. The standard InChI is InChI=1S/C16H17NO4S2/c1-10-8-11(5-6-12(10)21-2)9-13-15(20)17(16(22)23-13)7-3-4-14(18)19/h5-6,8-9H,3-4,7H2,1-2H3,(H,18,19)/b13-9-. The van der Waals surface area contributed by atoms with Crippen molar-refractivity contribution in [2.75, 3.05) is 13.7 Å². The molecule has 1 N–H and O–H groups in total. The van der Waals surface area contributed by atoms with Crippen LogP contribution in [0.3, 0.4) is 0 Å². The van der Waals surface area contributed by atoms with Crippen molar-refractivity contribution in [3.63, 3.8) is 0 Å². The van der Waals surface area contributed by atoms with Gasteiger partial charge in [-0.05, 0) is 42.7 Å². The Morgan fingerprint density at radius 3 is 2.83 bits per heavy atom. The molecule has 1 amide bonds. The molecule has 1 fully saturated rings. The van der Waals surface area contributed by atoms with E-state index in [0.717, 1.165) is 16.9 Å². The fraction of sp³-hybridized carbons (Fsp3) is 0.312. The van der Waals surface area contributed by atoms with E-state index in [-0.39, 0.29) is 12.3 Å². The van der Waals surface area contributed by atoms with Gasteiger partial charge in [0.2, 0.25) is 0 Å². The van der Waals surface area contributed by atoms with Gasteiger partial charge in [-0.3, -0.25) is 14.5 Å². The first-order chi connectivity index (χ1) is 10.9. The zero-order valence-corrected chi connectivity index (χ0v) is 14.5. The van der Waals surface area contributed by atoms with E-state index in [1.165, 1.54) is 16.7 Å². The van der Waals surface area contributed by atoms with Crippen LogP contribution in [0.4, 0.5) is 0 Å². The van der Waals surface area contributed by atoms with Gasteiger partial charge in [-0.2, -0.15) is 0 Å². The first-order valence-electron chi connectivity index (χ1n) is 7.04. The van der Waals surface area contributed by atoms with Crippen molar-refractivity contribution in [2.45, 2.75) is 19.8 Å². The number of benzene rings is 1. The molecule has 1 saturated heterocycles. The van der Waals surface area contributed by atoms with Crippen LogP contribution >= 0.6 is 24.0 Å². The van der Waals surface area contributed by atoms with Crippen LogP contribution in [-0.2, 0) is 9.59 Å². The number of ether oxygens (including phenoxy) is 1. The second kappa shape index (κ2) is 7.61. The molecule has 5 nitrogen and oxygen atoms in total. The lowest BCUT2D eigenvalue weighted by Crippen LogP contribution is -2.29. The predicted molar refractivity (Wildman–Crippen MR) is 94.5 cm³/mol. The highest BCUT2D eigenvalue weighted by molar-refractivity contribution is 8.26. The molecule has 0 spiro atoms. The van der Waals surface area contributed by atoms with Gasteiger partial charge >= 0.3 is 5.97 Å². The average Bonchev–Trinajstić information content (AvgIpc) is 2.74. The maximum absolute atomic E-state index is 12.4. The highest BCUT2D eigenvalue weighted by atomic mass is 32.2. The average molecular weight is 351 g/mol. The third kappa shape index (κ3) is 4.33. The van der Waals surface area contributed by atoms with Crippen molar-refractivity contribution in [3.05, 3.63) is 34.2 Å². The molecule has 1 aromatic rings. The van der Waals surface area contributed by atoms with Crippen LogP contribution in [0.1, 0.15) is 24.0 Å². The maximum atomic E-state index is 12.4. The molecule has 1 aromatic carbocycles.